The number of rotatable bonds is 4. The van der Waals surface area contributed by atoms with Gasteiger partial charge in [-0.3, -0.25) is 0 Å². The molecular formula is C17H19Cl2N. The number of benzene rings is 2. The molecule has 0 aromatic heterocycles. The molecule has 2 N–H and O–H groups in total. The Bertz CT molecular complexity index is 578. The Hall–Kier alpha value is -1.02. The van der Waals surface area contributed by atoms with Crippen molar-refractivity contribution in [3.8, 4) is 0 Å². The van der Waals surface area contributed by atoms with Gasteiger partial charge in [-0.05, 0) is 41.2 Å². The van der Waals surface area contributed by atoms with Crippen molar-refractivity contribution < 1.29 is 0 Å². The lowest BCUT2D eigenvalue weighted by Crippen LogP contribution is -2.11. The molecular weight excluding hydrogens is 289 g/mol. The van der Waals surface area contributed by atoms with Crippen LogP contribution in [-0.2, 0) is 0 Å². The Balaban J connectivity index is 2.24. The molecule has 2 unspecified atom stereocenters. The van der Waals surface area contributed by atoms with E-state index in [1.807, 2.05) is 12.1 Å². The Kier molecular flexibility index (Phi) is 5.09. The van der Waals surface area contributed by atoms with Crippen molar-refractivity contribution in [2.45, 2.75) is 32.2 Å². The molecule has 3 heteroatoms. The van der Waals surface area contributed by atoms with E-state index in [9.17, 15) is 0 Å². The molecule has 0 saturated carbocycles. The van der Waals surface area contributed by atoms with E-state index in [0.29, 0.717) is 16.0 Å². The molecule has 0 bridgehead atoms. The average molecular weight is 308 g/mol. The van der Waals surface area contributed by atoms with Gasteiger partial charge in [0.2, 0.25) is 0 Å². The highest BCUT2D eigenvalue weighted by atomic mass is 35.5. The molecule has 0 spiro atoms. The molecule has 0 heterocycles. The fraction of sp³-hybridized carbons (Fsp3) is 0.294. The molecule has 0 aliphatic carbocycles. The zero-order valence-electron chi connectivity index (χ0n) is 11.7. The number of hydrogen-bond acceptors (Lipinski definition) is 1. The van der Waals surface area contributed by atoms with E-state index in [2.05, 4.69) is 38.1 Å². The minimum atomic E-state index is -0.184. The second kappa shape index (κ2) is 6.62. The fourth-order valence-electron chi connectivity index (χ4n) is 2.17. The number of halogens is 2. The lowest BCUT2D eigenvalue weighted by molar-refractivity contribution is 0.732. The first-order valence-corrected chi connectivity index (χ1v) is 7.59. The Morgan fingerprint density at radius 2 is 1.45 bits per heavy atom. The summed E-state index contributed by atoms with van der Waals surface area (Å²) >= 11 is 12.0. The SMILES string of the molecule is CCC(C)c1ccc(C(N)c2ccc(Cl)c(Cl)c2)cc1. The summed E-state index contributed by atoms with van der Waals surface area (Å²) in [6.07, 6.45) is 1.14. The van der Waals surface area contributed by atoms with Crippen LogP contribution in [-0.4, -0.2) is 0 Å². The molecule has 0 aliphatic heterocycles. The maximum Gasteiger partial charge on any atom is 0.0595 e. The molecule has 2 atom stereocenters. The van der Waals surface area contributed by atoms with Gasteiger partial charge < -0.3 is 5.73 Å². The van der Waals surface area contributed by atoms with Crippen molar-refractivity contribution in [1.29, 1.82) is 0 Å². The van der Waals surface area contributed by atoms with E-state index < -0.39 is 0 Å². The summed E-state index contributed by atoms with van der Waals surface area (Å²) in [6.45, 7) is 4.42. The molecule has 0 saturated heterocycles. The fourth-order valence-corrected chi connectivity index (χ4v) is 2.47. The van der Waals surface area contributed by atoms with Gasteiger partial charge in [-0.2, -0.15) is 0 Å². The topological polar surface area (TPSA) is 26.0 Å². The van der Waals surface area contributed by atoms with Crippen molar-refractivity contribution in [1.82, 2.24) is 0 Å². The van der Waals surface area contributed by atoms with Crippen LogP contribution in [0.5, 0.6) is 0 Å². The van der Waals surface area contributed by atoms with Crippen LogP contribution < -0.4 is 5.73 Å². The molecule has 106 valence electrons. The van der Waals surface area contributed by atoms with Crippen LogP contribution in [0.3, 0.4) is 0 Å². The number of hydrogen-bond donors (Lipinski definition) is 1. The minimum absolute atomic E-state index is 0.184. The van der Waals surface area contributed by atoms with Gasteiger partial charge in [0.15, 0.2) is 0 Å². The normalized spacial score (nSPS) is 14.1. The van der Waals surface area contributed by atoms with Crippen molar-refractivity contribution in [2.24, 2.45) is 5.73 Å². The summed E-state index contributed by atoms with van der Waals surface area (Å²) in [4.78, 5) is 0. The molecule has 2 rings (SSSR count). The monoisotopic (exact) mass is 307 g/mol. The van der Waals surface area contributed by atoms with Gasteiger partial charge in [0, 0.05) is 0 Å². The quantitative estimate of drug-likeness (QED) is 0.786. The summed E-state index contributed by atoms with van der Waals surface area (Å²) < 4.78 is 0. The summed E-state index contributed by atoms with van der Waals surface area (Å²) in [5, 5.41) is 1.09. The largest absolute Gasteiger partial charge is 0.320 e. The van der Waals surface area contributed by atoms with Crippen molar-refractivity contribution in [3.05, 3.63) is 69.2 Å². The predicted molar refractivity (Wildman–Crippen MR) is 87.6 cm³/mol. The van der Waals surface area contributed by atoms with E-state index >= 15 is 0 Å². The third-order valence-electron chi connectivity index (χ3n) is 3.78. The van der Waals surface area contributed by atoms with E-state index in [1.165, 1.54) is 5.56 Å². The molecule has 0 aliphatic rings. The maximum absolute atomic E-state index is 6.29. The van der Waals surface area contributed by atoms with Crippen LogP contribution in [0.2, 0.25) is 10.0 Å². The summed E-state index contributed by atoms with van der Waals surface area (Å²) in [7, 11) is 0. The minimum Gasteiger partial charge on any atom is -0.320 e. The molecule has 0 radical (unpaired) electrons. The first-order valence-electron chi connectivity index (χ1n) is 6.83. The van der Waals surface area contributed by atoms with Gasteiger partial charge >= 0.3 is 0 Å². The lowest BCUT2D eigenvalue weighted by Gasteiger charge is -2.15. The third-order valence-corrected chi connectivity index (χ3v) is 4.52. The second-order valence-electron chi connectivity index (χ2n) is 5.13. The molecule has 20 heavy (non-hydrogen) atoms. The highest BCUT2D eigenvalue weighted by molar-refractivity contribution is 6.42. The van der Waals surface area contributed by atoms with Crippen LogP contribution >= 0.6 is 23.2 Å². The second-order valence-corrected chi connectivity index (χ2v) is 5.94. The van der Waals surface area contributed by atoms with Crippen molar-refractivity contribution in [3.63, 3.8) is 0 Å². The Labute approximate surface area is 130 Å². The molecule has 0 fully saturated rings. The van der Waals surface area contributed by atoms with E-state index in [4.69, 9.17) is 28.9 Å². The zero-order valence-corrected chi connectivity index (χ0v) is 13.2. The van der Waals surface area contributed by atoms with E-state index in [0.717, 1.165) is 17.5 Å². The average Bonchev–Trinajstić information content (AvgIpc) is 2.48. The smallest absolute Gasteiger partial charge is 0.0595 e. The Morgan fingerprint density at radius 1 is 0.900 bits per heavy atom. The van der Waals surface area contributed by atoms with Gasteiger partial charge in [-0.15, -0.1) is 0 Å². The molecule has 2 aromatic carbocycles. The highest BCUT2D eigenvalue weighted by Gasteiger charge is 2.11. The highest BCUT2D eigenvalue weighted by Crippen LogP contribution is 2.28. The maximum atomic E-state index is 6.29. The van der Waals surface area contributed by atoms with Crippen LogP contribution in [0.4, 0.5) is 0 Å². The van der Waals surface area contributed by atoms with Gasteiger partial charge in [-0.1, -0.05) is 67.4 Å². The van der Waals surface area contributed by atoms with Gasteiger partial charge in [-0.25, -0.2) is 0 Å². The van der Waals surface area contributed by atoms with E-state index in [1.54, 1.807) is 6.07 Å². The summed E-state index contributed by atoms with van der Waals surface area (Å²) in [5.74, 6) is 0.574. The lowest BCUT2D eigenvalue weighted by atomic mass is 9.94. The van der Waals surface area contributed by atoms with Gasteiger partial charge in [0.05, 0.1) is 16.1 Å². The van der Waals surface area contributed by atoms with Crippen LogP contribution in [0.1, 0.15) is 48.9 Å². The van der Waals surface area contributed by atoms with Crippen LogP contribution in [0.15, 0.2) is 42.5 Å². The molecule has 1 nitrogen and oxygen atoms in total. The predicted octanol–water partition coefficient (Wildman–Crippen LogP) is 5.56. The van der Waals surface area contributed by atoms with Crippen LogP contribution in [0.25, 0.3) is 0 Å². The van der Waals surface area contributed by atoms with Crippen molar-refractivity contribution >= 4 is 23.2 Å². The molecule has 0 amide bonds. The molecule has 2 aromatic rings. The summed E-state index contributed by atoms with van der Waals surface area (Å²) in [5.41, 5.74) is 9.68. The van der Waals surface area contributed by atoms with Gasteiger partial charge in [0.25, 0.3) is 0 Å². The third kappa shape index (κ3) is 3.35. The van der Waals surface area contributed by atoms with E-state index in [-0.39, 0.29) is 6.04 Å². The summed E-state index contributed by atoms with van der Waals surface area (Å²) in [6, 6.07) is 13.8. The van der Waals surface area contributed by atoms with Gasteiger partial charge in [0.1, 0.15) is 0 Å². The first-order chi connectivity index (χ1) is 9.52. The standard InChI is InChI=1S/C17H19Cl2N/c1-3-11(2)12-4-6-13(7-5-12)17(20)14-8-9-15(18)16(19)10-14/h4-11,17H,3,20H2,1-2H3. The number of nitrogens with two attached hydrogens (primary N) is 1. The zero-order chi connectivity index (χ0) is 14.7. The van der Waals surface area contributed by atoms with Crippen molar-refractivity contribution in [2.75, 3.05) is 0 Å². The first kappa shape index (κ1) is 15.4. The Morgan fingerprint density at radius 3 is 2.00 bits per heavy atom. The van der Waals surface area contributed by atoms with Crippen LogP contribution in [0, 0.1) is 0 Å².